The molecule has 76 valence electrons. The highest BCUT2D eigenvalue weighted by Gasteiger charge is 2.33. The Hall–Kier alpha value is -0.730. The molecule has 3 heteroatoms. The molecule has 0 aromatic heterocycles. The fraction of sp³-hybridized carbons (Fsp3) is 0.900. The quantitative estimate of drug-likeness (QED) is 0.527. The number of hydrogen-bond donors (Lipinski definition) is 1. The van der Waals surface area contributed by atoms with Crippen LogP contribution in [0.2, 0.25) is 0 Å². The van der Waals surface area contributed by atoms with Crippen LogP contribution in [0.15, 0.2) is 4.99 Å². The van der Waals surface area contributed by atoms with Crippen LogP contribution in [0.5, 0.6) is 0 Å². The lowest BCUT2D eigenvalue weighted by atomic mass is 10.3. The lowest BCUT2D eigenvalue weighted by Crippen LogP contribution is -2.35. The van der Waals surface area contributed by atoms with Gasteiger partial charge in [-0.25, -0.2) is 0 Å². The summed E-state index contributed by atoms with van der Waals surface area (Å²) in [5.74, 6) is 2.43. The summed E-state index contributed by atoms with van der Waals surface area (Å²) >= 11 is 0. The van der Waals surface area contributed by atoms with Crippen LogP contribution in [0.25, 0.3) is 0 Å². The molecule has 0 saturated heterocycles. The summed E-state index contributed by atoms with van der Waals surface area (Å²) in [6, 6.07) is 0. The van der Waals surface area contributed by atoms with Gasteiger partial charge in [-0.15, -0.1) is 0 Å². The van der Waals surface area contributed by atoms with Crippen LogP contribution < -0.4 is 5.73 Å². The van der Waals surface area contributed by atoms with E-state index in [1.165, 1.54) is 6.42 Å². The normalized spacial score (nSPS) is 27.5. The maximum atomic E-state index is 5.80. The molecule has 0 bridgehead atoms. The Bertz CT molecular complexity index is 189. The predicted octanol–water partition coefficient (Wildman–Crippen LogP) is 1.30. The second-order valence-corrected chi connectivity index (χ2v) is 4.09. The number of nitrogens with zero attached hydrogens (tertiary/aromatic N) is 2. The molecule has 0 spiro atoms. The summed E-state index contributed by atoms with van der Waals surface area (Å²) in [6.07, 6.45) is 2.42. The van der Waals surface area contributed by atoms with Gasteiger partial charge >= 0.3 is 0 Å². The molecule has 3 nitrogen and oxygen atoms in total. The van der Waals surface area contributed by atoms with Gasteiger partial charge in [0.1, 0.15) is 0 Å². The van der Waals surface area contributed by atoms with Gasteiger partial charge in [-0.05, 0) is 24.7 Å². The molecular formula is C10H21N3. The Balaban J connectivity index is 2.25. The fourth-order valence-electron chi connectivity index (χ4n) is 1.45. The molecule has 0 aromatic rings. The molecule has 2 atom stereocenters. The zero-order chi connectivity index (χ0) is 9.84. The van der Waals surface area contributed by atoms with Gasteiger partial charge in [0, 0.05) is 20.1 Å². The first kappa shape index (κ1) is 10.4. The van der Waals surface area contributed by atoms with Crippen molar-refractivity contribution in [2.75, 3.05) is 20.1 Å². The number of hydrogen-bond acceptors (Lipinski definition) is 1. The largest absolute Gasteiger partial charge is 0.370 e. The second-order valence-electron chi connectivity index (χ2n) is 4.09. The summed E-state index contributed by atoms with van der Waals surface area (Å²) in [4.78, 5) is 6.34. The molecule has 1 fully saturated rings. The zero-order valence-corrected chi connectivity index (χ0v) is 8.95. The fourth-order valence-corrected chi connectivity index (χ4v) is 1.45. The molecule has 0 aromatic carbocycles. The summed E-state index contributed by atoms with van der Waals surface area (Å²) in [5.41, 5.74) is 5.80. The Morgan fingerprint density at radius 2 is 2.23 bits per heavy atom. The van der Waals surface area contributed by atoms with Crippen LogP contribution >= 0.6 is 0 Å². The monoisotopic (exact) mass is 183 g/mol. The molecule has 1 saturated carbocycles. The molecule has 2 N–H and O–H groups in total. The van der Waals surface area contributed by atoms with Crippen molar-refractivity contribution in [2.24, 2.45) is 22.6 Å². The third-order valence-electron chi connectivity index (χ3n) is 2.67. The third kappa shape index (κ3) is 3.25. The maximum absolute atomic E-state index is 5.80. The highest BCUT2D eigenvalue weighted by Crippen LogP contribution is 2.37. The average Bonchev–Trinajstić information content (AvgIpc) is 2.77. The highest BCUT2D eigenvalue weighted by molar-refractivity contribution is 5.77. The molecule has 0 amide bonds. The van der Waals surface area contributed by atoms with Crippen LogP contribution in [0.3, 0.4) is 0 Å². The lowest BCUT2D eigenvalue weighted by molar-refractivity contribution is 0.456. The summed E-state index contributed by atoms with van der Waals surface area (Å²) in [7, 11) is 2.03. The summed E-state index contributed by atoms with van der Waals surface area (Å²) in [5, 5.41) is 0. The minimum atomic E-state index is 0.695. The minimum absolute atomic E-state index is 0.695. The van der Waals surface area contributed by atoms with Crippen molar-refractivity contribution in [3.05, 3.63) is 0 Å². The molecule has 0 aliphatic heterocycles. The molecule has 1 aliphatic rings. The minimum Gasteiger partial charge on any atom is -0.370 e. The van der Waals surface area contributed by atoms with E-state index in [2.05, 4.69) is 23.7 Å². The average molecular weight is 183 g/mol. The van der Waals surface area contributed by atoms with Crippen molar-refractivity contribution in [3.8, 4) is 0 Å². The van der Waals surface area contributed by atoms with Gasteiger partial charge < -0.3 is 10.6 Å². The summed E-state index contributed by atoms with van der Waals surface area (Å²) in [6.45, 7) is 6.31. The SMILES string of the molecule is CCCN=C(N)N(C)CC1CC1C. The van der Waals surface area contributed by atoms with Crippen LogP contribution in [0, 0.1) is 11.8 Å². The van der Waals surface area contributed by atoms with Crippen LogP contribution in [-0.4, -0.2) is 31.0 Å². The van der Waals surface area contributed by atoms with Gasteiger partial charge in [0.15, 0.2) is 5.96 Å². The van der Waals surface area contributed by atoms with Crippen LogP contribution in [-0.2, 0) is 0 Å². The van der Waals surface area contributed by atoms with Gasteiger partial charge in [-0.3, -0.25) is 4.99 Å². The van der Waals surface area contributed by atoms with E-state index >= 15 is 0 Å². The predicted molar refractivity (Wildman–Crippen MR) is 56.7 cm³/mol. The molecule has 2 unspecified atom stereocenters. The molecule has 0 radical (unpaired) electrons. The van der Waals surface area contributed by atoms with Gasteiger partial charge in [-0.2, -0.15) is 0 Å². The lowest BCUT2D eigenvalue weighted by Gasteiger charge is -2.17. The molecular weight excluding hydrogens is 162 g/mol. The Morgan fingerprint density at radius 3 is 2.69 bits per heavy atom. The smallest absolute Gasteiger partial charge is 0.190 e. The van der Waals surface area contributed by atoms with Crippen molar-refractivity contribution in [1.82, 2.24) is 4.90 Å². The molecule has 1 aliphatic carbocycles. The summed E-state index contributed by atoms with van der Waals surface area (Å²) < 4.78 is 0. The van der Waals surface area contributed by atoms with Gasteiger partial charge in [-0.1, -0.05) is 13.8 Å². The van der Waals surface area contributed by atoms with E-state index in [1.807, 2.05) is 7.05 Å². The third-order valence-corrected chi connectivity index (χ3v) is 2.67. The number of guanidine groups is 1. The van der Waals surface area contributed by atoms with E-state index in [1.54, 1.807) is 0 Å². The van der Waals surface area contributed by atoms with Gasteiger partial charge in [0.2, 0.25) is 0 Å². The second kappa shape index (κ2) is 4.49. The van der Waals surface area contributed by atoms with E-state index < -0.39 is 0 Å². The standard InChI is InChI=1S/C10H21N3/c1-4-5-12-10(11)13(3)7-9-6-8(9)2/h8-9H,4-7H2,1-3H3,(H2,11,12). The van der Waals surface area contributed by atoms with E-state index in [9.17, 15) is 0 Å². The highest BCUT2D eigenvalue weighted by atomic mass is 15.2. The van der Waals surface area contributed by atoms with Crippen molar-refractivity contribution >= 4 is 5.96 Å². The topological polar surface area (TPSA) is 41.6 Å². The first-order valence-corrected chi connectivity index (χ1v) is 5.16. The van der Waals surface area contributed by atoms with Crippen molar-refractivity contribution in [2.45, 2.75) is 26.7 Å². The van der Waals surface area contributed by atoms with Crippen LogP contribution in [0.1, 0.15) is 26.7 Å². The van der Waals surface area contributed by atoms with Gasteiger partial charge in [0.05, 0.1) is 0 Å². The van der Waals surface area contributed by atoms with Crippen molar-refractivity contribution < 1.29 is 0 Å². The van der Waals surface area contributed by atoms with E-state index in [0.717, 1.165) is 31.3 Å². The Morgan fingerprint density at radius 1 is 1.62 bits per heavy atom. The first-order valence-electron chi connectivity index (χ1n) is 5.16. The van der Waals surface area contributed by atoms with E-state index in [4.69, 9.17) is 5.73 Å². The van der Waals surface area contributed by atoms with Crippen molar-refractivity contribution in [3.63, 3.8) is 0 Å². The molecule has 1 rings (SSSR count). The molecule has 0 heterocycles. The zero-order valence-electron chi connectivity index (χ0n) is 8.95. The first-order chi connectivity index (χ1) is 6.15. The maximum Gasteiger partial charge on any atom is 0.190 e. The Kier molecular flexibility index (Phi) is 3.58. The van der Waals surface area contributed by atoms with E-state index in [0.29, 0.717) is 5.96 Å². The number of aliphatic imine (C=N–C) groups is 1. The van der Waals surface area contributed by atoms with Gasteiger partial charge in [0.25, 0.3) is 0 Å². The Labute approximate surface area is 81.0 Å². The van der Waals surface area contributed by atoms with Crippen molar-refractivity contribution in [1.29, 1.82) is 0 Å². The number of rotatable bonds is 4. The van der Waals surface area contributed by atoms with E-state index in [-0.39, 0.29) is 0 Å². The molecule has 13 heavy (non-hydrogen) atoms. The number of nitrogens with two attached hydrogens (primary N) is 1. The van der Waals surface area contributed by atoms with Crippen LogP contribution in [0.4, 0.5) is 0 Å².